The Morgan fingerprint density at radius 1 is 1.20 bits per heavy atom. The lowest BCUT2D eigenvalue weighted by Gasteiger charge is -2.07. The highest BCUT2D eigenvalue weighted by molar-refractivity contribution is 5.78. The summed E-state index contributed by atoms with van der Waals surface area (Å²) in [5.74, 6) is -0.847. The highest BCUT2D eigenvalue weighted by Crippen LogP contribution is 2.32. The first kappa shape index (κ1) is 16.4. The van der Waals surface area contributed by atoms with Crippen molar-refractivity contribution < 1.29 is 19.5 Å². The standard InChI is InChI=1S/C17H16N4O4/c1-10-7-12(21-25-10)15-16(23)17(24)20-13(19-15)8-14(22)18-9-11-5-3-2-4-6-11/h2-7,23H,8-9H2,1H3,(H,18,22)(H,19,20,24). The fraction of sp³-hybridized carbons (Fsp3) is 0.176. The molecule has 25 heavy (non-hydrogen) atoms. The molecular weight excluding hydrogens is 324 g/mol. The summed E-state index contributed by atoms with van der Waals surface area (Å²) >= 11 is 0. The van der Waals surface area contributed by atoms with Gasteiger partial charge in [0.2, 0.25) is 11.7 Å². The summed E-state index contributed by atoms with van der Waals surface area (Å²) in [4.78, 5) is 19.9. The van der Waals surface area contributed by atoms with Gasteiger partial charge in [-0.05, 0) is 12.5 Å². The number of aryl methyl sites for hydroxylation is 1. The van der Waals surface area contributed by atoms with Gasteiger partial charge in [-0.1, -0.05) is 35.5 Å². The van der Waals surface area contributed by atoms with Gasteiger partial charge in [0.1, 0.15) is 23.0 Å². The summed E-state index contributed by atoms with van der Waals surface area (Å²) < 4.78 is 4.94. The zero-order valence-electron chi connectivity index (χ0n) is 13.4. The summed E-state index contributed by atoms with van der Waals surface area (Å²) in [6, 6.07) is 11.0. The molecule has 2 heterocycles. The van der Waals surface area contributed by atoms with E-state index in [9.17, 15) is 15.0 Å². The van der Waals surface area contributed by atoms with E-state index < -0.39 is 11.6 Å². The molecule has 8 nitrogen and oxygen atoms in total. The van der Waals surface area contributed by atoms with Gasteiger partial charge < -0.3 is 20.1 Å². The lowest BCUT2D eigenvalue weighted by Crippen LogP contribution is -2.25. The second kappa shape index (κ2) is 7.00. The number of benzene rings is 1. The number of rotatable bonds is 5. The van der Waals surface area contributed by atoms with Crippen molar-refractivity contribution >= 4 is 5.91 Å². The smallest absolute Gasteiger partial charge is 0.258 e. The predicted molar refractivity (Wildman–Crippen MR) is 87.6 cm³/mol. The van der Waals surface area contributed by atoms with Crippen molar-refractivity contribution in [2.45, 2.75) is 19.9 Å². The largest absolute Gasteiger partial charge is 0.502 e. The van der Waals surface area contributed by atoms with Crippen LogP contribution in [0.2, 0.25) is 0 Å². The molecule has 0 saturated heterocycles. The number of nitrogens with one attached hydrogen (secondary N) is 1. The van der Waals surface area contributed by atoms with Gasteiger partial charge in [0.05, 0.1) is 6.42 Å². The van der Waals surface area contributed by atoms with Crippen molar-refractivity contribution in [3.63, 3.8) is 0 Å². The van der Waals surface area contributed by atoms with Crippen LogP contribution in [0.5, 0.6) is 11.6 Å². The zero-order chi connectivity index (χ0) is 17.8. The molecule has 2 aromatic heterocycles. The maximum Gasteiger partial charge on any atom is 0.258 e. The maximum atomic E-state index is 12.1. The van der Waals surface area contributed by atoms with E-state index in [1.54, 1.807) is 13.0 Å². The Balaban J connectivity index is 1.74. The fourth-order valence-corrected chi connectivity index (χ4v) is 2.23. The molecule has 1 amide bonds. The van der Waals surface area contributed by atoms with Crippen LogP contribution in [0.25, 0.3) is 11.4 Å². The third-order valence-corrected chi connectivity index (χ3v) is 3.43. The van der Waals surface area contributed by atoms with E-state index in [0.717, 1.165) is 5.56 Å². The van der Waals surface area contributed by atoms with Crippen LogP contribution in [0.1, 0.15) is 17.1 Å². The van der Waals surface area contributed by atoms with Crippen molar-refractivity contribution in [3.8, 4) is 23.0 Å². The number of amides is 1. The molecule has 0 aliphatic carbocycles. The van der Waals surface area contributed by atoms with Crippen LogP contribution in [0.3, 0.4) is 0 Å². The molecule has 0 aliphatic rings. The van der Waals surface area contributed by atoms with Gasteiger partial charge >= 0.3 is 0 Å². The van der Waals surface area contributed by atoms with Crippen LogP contribution >= 0.6 is 0 Å². The number of aromatic nitrogens is 3. The number of aromatic hydroxyl groups is 2. The highest BCUT2D eigenvalue weighted by atomic mass is 16.5. The summed E-state index contributed by atoms with van der Waals surface area (Å²) in [7, 11) is 0. The van der Waals surface area contributed by atoms with Gasteiger partial charge in [0.25, 0.3) is 5.88 Å². The molecular formula is C17H16N4O4. The molecule has 3 aromatic rings. The van der Waals surface area contributed by atoms with Crippen LogP contribution in [0.15, 0.2) is 40.9 Å². The van der Waals surface area contributed by atoms with E-state index in [2.05, 4.69) is 20.4 Å². The van der Waals surface area contributed by atoms with Crippen molar-refractivity contribution in [2.24, 2.45) is 0 Å². The first-order valence-electron chi connectivity index (χ1n) is 7.56. The summed E-state index contributed by atoms with van der Waals surface area (Å²) in [6.45, 7) is 2.06. The Morgan fingerprint density at radius 2 is 1.96 bits per heavy atom. The number of hydrogen-bond acceptors (Lipinski definition) is 7. The molecule has 0 unspecified atom stereocenters. The van der Waals surface area contributed by atoms with Crippen molar-refractivity contribution in [2.75, 3.05) is 0 Å². The Kier molecular flexibility index (Phi) is 4.60. The van der Waals surface area contributed by atoms with E-state index in [4.69, 9.17) is 4.52 Å². The number of carbonyl (C=O) groups is 1. The van der Waals surface area contributed by atoms with E-state index in [1.165, 1.54) is 0 Å². The first-order valence-corrected chi connectivity index (χ1v) is 7.56. The van der Waals surface area contributed by atoms with Crippen molar-refractivity contribution in [1.82, 2.24) is 20.4 Å². The Bertz CT molecular complexity index is 893. The molecule has 3 rings (SSSR count). The van der Waals surface area contributed by atoms with Crippen LogP contribution < -0.4 is 5.32 Å². The molecule has 0 spiro atoms. The van der Waals surface area contributed by atoms with Crippen molar-refractivity contribution in [3.05, 3.63) is 53.5 Å². The minimum Gasteiger partial charge on any atom is -0.502 e. The van der Waals surface area contributed by atoms with Gasteiger partial charge in [-0.25, -0.2) is 4.98 Å². The fourth-order valence-electron chi connectivity index (χ4n) is 2.23. The van der Waals surface area contributed by atoms with Gasteiger partial charge in [-0.2, -0.15) is 4.98 Å². The van der Waals surface area contributed by atoms with Crippen LogP contribution in [-0.2, 0) is 17.8 Å². The van der Waals surface area contributed by atoms with Gasteiger partial charge in [0, 0.05) is 12.6 Å². The molecule has 0 atom stereocenters. The average molecular weight is 340 g/mol. The molecule has 0 bridgehead atoms. The lowest BCUT2D eigenvalue weighted by atomic mass is 10.2. The molecule has 0 saturated carbocycles. The molecule has 128 valence electrons. The SMILES string of the molecule is Cc1cc(-c2nc(CC(=O)NCc3ccccc3)nc(O)c2O)no1. The second-order valence-corrected chi connectivity index (χ2v) is 5.42. The molecule has 8 heteroatoms. The maximum absolute atomic E-state index is 12.1. The number of nitrogens with zero attached hydrogens (tertiary/aromatic N) is 3. The lowest BCUT2D eigenvalue weighted by molar-refractivity contribution is -0.120. The third-order valence-electron chi connectivity index (χ3n) is 3.43. The summed E-state index contributed by atoms with van der Waals surface area (Å²) in [5.41, 5.74) is 1.22. The molecule has 0 radical (unpaired) electrons. The Hall–Kier alpha value is -3.42. The monoisotopic (exact) mass is 340 g/mol. The quantitative estimate of drug-likeness (QED) is 0.646. The van der Waals surface area contributed by atoms with Gasteiger partial charge in [-0.15, -0.1) is 0 Å². The van der Waals surface area contributed by atoms with E-state index in [0.29, 0.717) is 12.3 Å². The molecule has 1 aromatic carbocycles. The number of hydrogen-bond donors (Lipinski definition) is 3. The highest BCUT2D eigenvalue weighted by Gasteiger charge is 2.19. The van der Waals surface area contributed by atoms with Gasteiger partial charge in [0.15, 0.2) is 0 Å². The third kappa shape index (κ3) is 3.92. The Labute approximate surface area is 143 Å². The number of carbonyl (C=O) groups excluding carboxylic acids is 1. The van der Waals surface area contributed by atoms with Crippen LogP contribution in [0.4, 0.5) is 0 Å². The Morgan fingerprint density at radius 3 is 2.64 bits per heavy atom. The molecule has 0 aliphatic heterocycles. The minimum absolute atomic E-state index is 0.00945. The predicted octanol–water partition coefficient (Wildman–Crippen LogP) is 1.71. The first-order chi connectivity index (χ1) is 12.0. The van der Waals surface area contributed by atoms with Gasteiger partial charge in [-0.3, -0.25) is 4.79 Å². The van der Waals surface area contributed by atoms with Crippen LogP contribution in [-0.4, -0.2) is 31.2 Å². The minimum atomic E-state index is -0.614. The molecule has 0 fully saturated rings. The summed E-state index contributed by atoms with van der Waals surface area (Å²) in [5, 5.41) is 26.2. The topological polar surface area (TPSA) is 121 Å². The van der Waals surface area contributed by atoms with Crippen LogP contribution in [0, 0.1) is 6.92 Å². The molecule has 3 N–H and O–H groups in total. The second-order valence-electron chi connectivity index (χ2n) is 5.42. The van der Waals surface area contributed by atoms with E-state index in [-0.39, 0.29) is 29.5 Å². The normalized spacial score (nSPS) is 10.6. The summed E-state index contributed by atoms with van der Waals surface area (Å²) in [6.07, 6.45) is -0.148. The van der Waals surface area contributed by atoms with E-state index >= 15 is 0 Å². The zero-order valence-corrected chi connectivity index (χ0v) is 13.4. The van der Waals surface area contributed by atoms with Crippen molar-refractivity contribution in [1.29, 1.82) is 0 Å². The van der Waals surface area contributed by atoms with E-state index in [1.807, 2.05) is 30.3 Å². The average Bonchev–Trinajstić information content (AvgIpc) is 3.03.